The van der Waals surface area contributed by atoms with Crippen molar-refractivity contribution in [3.05, 3.63) is 71.8 Å². The highest BCUT2D eigenvalue weighted by Crippen LogP contribution is 2.10. The maximum atomic E-state index is 12.1. The zero-order chi connectivity index (χ0) is 18.8. The van der Waals surface area contributed by atoms with Crippen LogP contribution in [0.1, 0.15) is 17.5 Å². The third-order valence-corrected chi connectivity index (χ3v) is 3.84. The van der Waals surface area contributed by atoms with Crippen LogP contribution in [0.2, 0.25) is 0 Å². The van der Waals surface area contributed by atoms with E-state index >= 15 is 0 Å². The second kappa shape index (κ2) is 10.2. The number of aliphatic hydroxyl groups is 1. The molecule has 2 aromatic rings. The first kappa shape index (κ1) is 19.5. The Bertz CT molecular complexity index is 690. The van der Waals surface area contributed by atoms with Crippen LogP contribution in [0, 0.1) is 0 Å². The van der Waals surface area contributed by atoms with Gasteiger partial charge in [0.15, 0.2) is 6.10 Å². The van der Waals surface area contributed by atoms with E-state index in [9.17, 15) is 14.7 Å². The normalized spacial score (nSPS) is 12.7. The molecule has 2 N–H and O–H groups in total. The number of aliphatic hydroxyl groups excluding tert-OH is 1. The molecular formula is C20H23NO5. The van der Waals surface area contributed by atoms with Gasteiger partial charge in [-0.2, -0.15) is 0 Å². The first-order chi connectivity index (χ1) is 12.6. The molecule has 0 saturated heterocycles. The van der Waals surface area contributed by atoms with Crippen molar-refractivity contribution < 1.29 is 24.2 Å². The highest BCUT2D eigenvalue weighted by molar-refractivity contribution is 5.74. The number of rotatable bonds is 8. The monoisotopic (exact) mass is 357 g/mol. The molecule has 0 bridgehead atoms. The molecule has 0 radical (unpaired) electrons. The lowest BCUT2D eigenvalue weighted by molar-refractivity contribution is -0.151. The lowest BCUT2D eigenvalue weighted by Crippen LogP contribution is -2.41. The summed E-state index contributed by atoms with van der Waals surface area (Å²) in [5.74, 6) is -0.734. The highest BCUT2D eigenvalue weighted by atomic mass is 16.5. The number of ether oxygens (including phenoxy) is 2. The van der Waals surface area contributed by atoms with E-state index < -0.39 is 24.2 Å². The quantitative estimate of drug-likeness (QED) is 0.709. The van der Waals surface area contributed by atoms with E-state index in [-0.39, 0.29) is 13.0 Å². The fraction of sp³-hybridized carbons (Fsp3) is 0.300. The van der Waals surface area contributed by atoms with Gasteiger partial charge in [-0.15, -0.1) is 0 Å². The summed E-state index contributed by atoms with van der Waals surface area (Å²) in [6.45, 7) is 0.143. The van der Waals surface area contributed by atoms with Gasteiger partial charge in [-0.25, -0.2) is 9.59 Å². The van der Waals surface area contributed by atoms with Crippen molar-refractivity contribution in [2.24, 2.45) is 0 Å². The van der Waals surface area contributed by atoms with E-state index in [4.69, 9.17) is 4.74 Å². The van der Waals surface area contributed by atoms with Crippen molar-refractivity contribution in [2.45, 2.75) is 31.6 Å². The van der Waals surface area contributed by atoms with Gasteiger partial charge in [0.25, 0.3) is 0 Å². The summed E-state index contributed by atoms with van der Waals surface area (Å²) in [6, 6.07) is 18.3. The lowest BCUT2D eigenvalue weighted by Gasteiger charge is -2.20. The van der Waals surface area contributed by atoms with Crippen molar-refractivity contribution in [1.29, 1.82) is 0 Å². The van der Waals surface area contributed by atoms with Gasteiger partial charge in [0.2, 0.25) is 0 Å². The molecular weight excluding hydrogens is 334 g/mol. The number of methoxy groups -OCH3 is 1. The molecule has 0 spiro atoms. The van der Waals surface area contributed by atoms with Crippen molar-refractivity contribution >= 4 is 12.1 Å². The van der Waals surface area contributed by atoms with Gasteiger partial charge in [0.05, 0.1) is 7.11 Å². The molecule has 138 valence electrons. The molecule has 0 aliphatic heterocycles. The third kappa shape index (κ3) is 6.57. The summed E-state index contributed by atoms with van der Waals surface area (Å²) < 4.78 is 9.76. The van der Waals surface area contributed by atoms with Gasteiger partial charge in [0.1, 0.15) is 6.61 Å². The number of carbonyl (C=O) groups excluding carboxylic acids is 2. The zero-order valence-electron chi connectivity index (χ0n) is 14.6. The molecule has 0 unspecified atom stereocenters. The summed E-state index contributed by atoms with van der Waals surface area (Å²) in [7, 11) is 1.21. The third-order valence-electron chi connectivity index (χ3n) is 3.84. The van der Waals surface area contributed by atoms with Crippen molar-refractivity contribution in [3.8, 4) is 0 Å². The summed E-state index contributed by atoms with van der Waals surface area (Å²) in [4.78, 5) is 23.6. The average molecular weight is 357 g/mol. The number of benzene rings is 2. The summed E-state index contributed by atoms with van der Waals surface area (Å²) in [5.41, 5.74) is 1.84. The Kier molecular flexibility index (Phi) is 7.64. The minimum Gasteiger partial charge on any atom is -0.467 e. The topological polar surface area (TPSA) is 84.9 Å². The Labute approximate surface area is 152 Å². The summed E-state index contributed by atoms with van der Waals surface area (Å²) >= 11 is 0. The maximum absolute atomic E-state index is 12.1. The van der Waals surface area contributed by atoms with Crippen LogP contribution in [-0.4, -0.2) is 36.4 Å². The predicted molar refractivity (Wildman–Crippen MR) is 96.3 cm³/mol. The number of carbonyl (C=O) groups is 2. The fourth-order valence-electron chi connectivity index (χ4n) is 2.53. The molecule has 0 saturated carbocycles. The molecule has 0 fully saturated rings. The van der Waals surface area contributed by atoms with Gasteiger partial charge >= 0.3 is 12.1 Å². The Morgan fingerprint density at radius 1 is 1.00 bits per heavy atom. The van der Waals surface area contributed by atoms with Crippen LogP contribution in [0.25, 0.3) is 0 Å². The molecule has 6 heteroatoms. The standard InChI is InChI=1S/C20H23NO5/c1-25-19(23)18(22)13-17(12-15-8-4-2-5-9-15)21-20(24)26-14-16-10-6-3-7-11-16/h2-11,17-18,22H,12-14H2,1H3,(H,21,24)/t17-,18+/m0/s1. The number of esters is 1. The predicted octanol–water partition coefficient (Wildman–Crippen LogP) is 2.45. The molecule has 2 rings (SSSR count). The van der Waals surface area contributed by atoms with Crippen LogP contribution in [0.4, 0.5) is 4.79 Å². The van der Waals surface area contributed by atoms with Gasteiger partial charge in [-0.1, -0.05) is 60.7 Å². The maximum Gasteiger partial charge on any atom is 0.407 e. The SMILES string of the molecule is COC(=O)[C@H](O)C[C@H](Cc1ccccc1)NC(=O)OCc1ccccc1. The number of hydrogen-bond acceptors (Lipinski definition) is 5. The molecule has 1 amide bonds. The van der Waals surface area contributed by atoms with E-state index in [1.807, 2.05) is 60.7 Å². The minimum atomic E-state index is -1.32. The highest BCUT2D eigenvalue weighted by Gasteiger charge is 2.23. The summed E-state index contributed by atoms with van der Waals surface area (Å²) in [5, 5.41) is 12.6. The van der Waals surface area contributed by atoms with Gasteiger partial charge < -0.3 is 19.9 Å². The number of alkyl carbamates (subject to hydrolysis) is 1. The first-order valence-electron chi connectivity index (χ1n) is 8.35. The van der Waals surface area contributed by atoms with Crippen LogP contribution in [0.3, 0.4) is 0 Å². The van der Waals surface area contributed by atoms with Crippen molar-refractivity contribution in [2.75, 3.05) is 7.11 Å². The zero-order valence-corrected chi connectivity index (χ0v) is 14.6. The minimum absolute atomic E-state index is 0.0298. The number of hydrogen-bond donors (Lipinski definition) is 2. The van der Waals surface area contributed by atoms with Crippen molar-refractivity contribution in [3.63, 3.8) is 0 Å². The Hall–Kier alpha value is -2.86. The molecule has 26 heavy (non-hydrogen) atoms. The van der Waals surface area contributed by atoms with Crippen LogP contribution in [-0.2, 0) is 27.3 Å². The molecule has 0 heterocycles. The Morgan fingerprint density at radius 3 is 2.15 bits per heavy atom. The second-order valence-corrected chi connectivity index (χ2v) is 5.87. The van der Waals surface area contributed by atoms with Crippen LogP contribution in [0.15, 0.2) is 60.7 Å². The molecule has 2 aromatic carbocycles. The van der Waals surface area contributed by atoms with Crippen molar-refractivity contribution in [1.82, 2.24) is 5.32 Å². The largest absolute Gasteiger partial charge is 0.467 e. The molecule has 0 aromatic heterocycles. The summed E-state index contributed by atoms with van der Waals surface area (Å²) in [6.07, 6.45) is -1.44. The van der Waals surface area contributed by atoms with Gasteiger partial charge in [0, 0.05) is 12.5 Å². The van der Waals surface area contributed by atoms with Gasteiger partial charge in [-0.3, -0.25) is 0 Å². The van der Waals surface area contributed by atoms with E-state index in [1.165, 1.54) is 7.11 Å². The van der Waals surface area contributed by atoms with E-state index in [2.05, 4.69) is 10.1 Å². The van der Waals surface area contributed by atoms with E-state index in [0.29, 0.717) is 6.42 Å². The molecule has 0 aliphatic carbocycles. The van der Waals surface area contributed by atoms with E-state index in [1.54, 1.807) is 0 Å². The van der Waals surface area contributed by atoms with Crippen LogP contribution >= 0.6 is 0 Å². The van der Waals surface area contributed by atoms with Crippen LogP contribution in [0.5, 0.6) is 0 Å². The molecule has 0 aliphatic rings. The van der Waals surface area contributed by atoms with Gasteiger partial charge in [-0.05, 0) is 17.5 Å². The Morgan fingerprint density at radius 2 is 1.58 bits per heavy atom. The van der Waals surface area contributed by atoms with Crippen LogP contribution < -0.4 is 5.32 Å². The van der Waals surface area contributed by atoms with E-state index in [0.717, 1.165) is 11.1 Å². The smallest absolute Gasteiger partial charge is 0.407 e. The fourth-order valence-corrected chi connectivity index (χ4v) is 2.53. The molecule has 2 atom stereocenters. The average Bonchev–Trinajstić information content (AvgIpc) is 2.67. The number of nitrogens with one attached hydrogen (secondary N) is 1. The molecule has 6 nitrogen and oxygen atoms in total. The number of amides is 1. The lowest BCUT2D eigenvalue weighted by atomic mass is 10.0. The second-order valence-electron chi connectivity index (χ2n) is 5.87. The Balaban J connectivity index is 1.95. The first-order valence-corrected chi connectivity index (χ1v) is 8.35.